The molecule has 7 heteroatoms. The quantitative estimate of drug-likeness (QED) is 0.837. The lowest BCUT2D eigenvalue weighted by Crippen LogP contribution is -2.18. The van der Waals surface area contributed by atoms with E-state index in [2.05, 4.69) is 9.97 Å². The van der Waals surface area contributed by atoms with Gasteiger partial charge in [-0.2, -0.15) is 13.2 Å². The second-order valence-electron chi connectivity index (χ2n) is 5.05. The van der Waals surface area contributed by atoms with Crippen LogP contribution in [-0.4, -0.2) is 15.6 Å². The summed E-state index contributed by atoms with van der Waals surface area (Å²) in [5, 5.41) is 0.622. The van der Waals surface area contributed by atoms with Crippen LogP contribution in [0.5, 0.6) is 0 Å². The van der Waals surface area contributed by atoms with E-state index in [1.807, 2.05) is 20.8 Å². The molecule has 0 spiro atoms. The molecule has 0 aliphatic carbocycles. The van der Waals surface area contributed by atoms with E-state index in [0.29, 0.717) is 9.84 Å². The van der Waals surface area contributed by atoms with Crippen LogP contribution in [0.4, 0.5) is 13.2 Å². The summed E-state index contributed by atoms with van der Waals surface area (Å²) < 4.78 is 43.2. The highest BCUT2D eigenvalue weighted by molar-refractivity contribution is 7.18. The zero-order valence-electron chi connectivity index (χ0n) is 10.7. The van der Waals surface area contributed by atoms with Crippen molar-refractivity contribution in [2.75, 3.05) is 0 Å². The van der Waals surface area contributed by atoms with Crippen LogP contribution in [-0.2, 0) is 17.5 Å². The van der Waals surface area contributed by atoms with Gasteiger partial charge < -0.3 is 4.74 Å². The maximum atomic E-state index is 12.5. The van der Waals surface area contributed by atoms with Crippen molar-refractivity contribution in [3.05, 3.63) is 22.8 Å². The van der Waals surface area contributed by atoms with Crippen molar-refractivity contribution in [1.29, 1.82) is 0 Å². The number of alkyl halides is 3. The molecule has 0 saturated heterocycles. The fourth-order valence-corrected chi connectivity index (χ4v) is 2.16. The first-order chi connectivity index (χ1) is 8.65. The fraction of sp³-hybridized carbons (Fsp3) is 0.500. The topological polar surface area (TPSA) is 35.0 Å². The summed E-state index contributed by atoms with van der Waals surface area (Å²) >= 11 is 1.24. The summed E-state index contributed by atoms with van der Waals surface area (Å²) in [6, 6.07) is 1.01. The van der Waals surface area contributed by atoms with E-state index in [1.165, 1.54) is 11.3 Å². The molecule has 0 aliphatic heterocycles. The minimum absolute atomic E-state index is 0.257. The predicted octanol–water partition coefficient (Wildman–Crippen LogP) is 4.03. The van der Waals surface area contributed by atoms with Gasteiger partial charge in [0.25, 0.3) is 0 Å². The molecule has 0 unspecified atom stereocenters. The smallest absolute Gasteiger partial charge is 0.369 e. The van der Waals surface area contributed by atoms with Gasteiger partial charge in [-0.3, -0.25) is 0 Å². The number of pyridine rings is 1. The van der Waals surface area contributed by atoms with Crippen LogP contribution in [0, 0.1) is 0 Å². The minimum Gasteiger partial charge on any atom is -0.369 e. The van der Waals surface area contributed by atoms with Crippen LogP contribution in [0.15, 0.2) is 12.3 Å². The van der Waals surface area contributed by atoms with Crippen LogP contribution in [0.2, 0.25) is 0 Å². The number of hydrogen-bond acceptors (Lipinski definition) is 4. The van der Waals surface area contributed by atoms with E-state index in [4.69, 9.17) is 4.74 Å². The number of nitrogens with zero attached hydrogens (tertiary/aromatic N) is 2. The Bertz CT molecular complexity index is 587. The largest absolute Gasteiger partial charge is 0.417 e. The molecule has 2 aromatic rings. The summed E-state index contributed by atoms with van der Waals surface area (Å²) in [6.07, 6.45) is -3.57. The fourth-order valence-electron chi connectivity index (χ4n) is 1.36. The third-order valence-electron chi connectivity index (χ3n) is 2.25. The molecule has 2 heterocycles. The maximum absolute atomic E-state index is 12.5. The minimum atomic E-state index is -4.40. The first-order valence-corrected chi connectivity index (χ1v) is 6.43. The average Bonchev–Trinajstić information content (AvgIpc) is 2.65. The molecule has 2 rings (SSSR count). The van der Waals surface area contributed by atoms with Crippen molar-refractivity contribution in [2.45, 2.75) is 39.2 Å². The molecular formula is C12H13F3N2OS. The van der Waals surface area contributed by atoms with Gasteiger partial charge in [0.15, 0.2) is 0 Å². The first kappa shape index (κ1) is 14.2. The number of hydrogen-bond donors (Lipinski definition) is 0. The van der Waals surface area contributed by atoms with Gasteiger partial charge in [-0.25, -0.2) is 9.97 Å². The lowest BCUT2D eigenvalue weighted by molar-refractivity contribution is -0.137. The molecule has 0 amide bonds. The van der Waals surface area contributed by atoms with Crippen molar-refractivity contribution in [1.82, 2.24) is 9.97 Å². The van der Waals surface area contributed by atoms with E-state index in [1.54, 1.807) is 0 Å². The van der Waals surface area contributed by atoms with E-state index in [9.17, 15) is 13.2 Å². The van der Waals surface area contributed by atoms with Gasteiger partial charge >= 0.3 is 6.18 Å². The molecule has 104 valence electrons. The second-order valence-corrected chi connectivity index (χ2v) is 6.12. The van der Waals surface area contributed by atoms with Gasteiger partial charge in [0.1, 0.15) is 15.4 Å². The van der Waals surface area contributed by atoms with Crippen LogP contribution in [0.1, 0.15) is 31.3 Å². The number of fused-ring (bicyclic) bond motifs is 1. The first-order valence-electron chi connectivity index (χ1n) is 5.62. The Morgan fingerprint density at radius 3 is 2.53 bits per heavy atom. The molecule has 19 heavy (non-hydrogen) atoms. The third kappa shape index (κ3) is 3.63. The summed E-state index contributed by atoms with van der Waals surface area (Å²) in [6.45, 7) is 5.98. The number of ether oxygens (including phenoxy) is 1. The van der Waals surface area contributed by atoms with Crippen LogP contribution < -0.4 is 0 Å². The SMILES string of the molecule is CC(C)(C)OCc1nc2cc(C(F)(F)F)cnc2s1. The van der Waals surface area contributed by atoms with Crippen molar-refractivity contribution in [3.8, 4) is 0 Å². The van der Waals surface area contributed by atoms with Crippen LogP contribution >= 0.6 is 11.3 Å². The zero-order valence-corrected chi connectivity index (χ0v) is 11.5. The molecule has 0 radical (unpaired) electrons. The average molecular weight is 290 g/mol. The van der Waals surface area contributed by atoms with E-state index < -0.39 is 11.7 Å². The molecule has 0 aliphatic rings. The zero-order chi connectivity index (χ0) is 14.3. The number of thiazole rings is 1. The molecule has 0 aromatic carbocycles. The number of rotatable bonds is 2. The summed E-state index contributed by atoms with van der Waals surface area (Å²) in [4.78, 5) is 8.40. The van der Waals surface area contributed by atoms with Gasteiger partial charge in [-0.05, 0) is 26.8 Å². The maximum Gasteiger partial charge on any atom is 0.417 e. The van der Waals surface area contributed by atoms with Gasteiger partial charge in [-0.1, -0.05) is 11.3 Å². The Balaban J connectivity index is 2.26. The summed E-state index contributed by atoms with van der Waals surface area (Å²) in [5.74, 6) is 0. The second kappa shape index (κ2) is 4.72. The Hall–Kier alpha value is -1.21. The standard InChI is InChI=1S/C12H13F3N2OS/c1-11(2,3)18-6-9-17-8-4-7(12(13,14)15)5-16-10(8)19-9/h4-5H,6H2,1-3H3. The molecular weight excluding hydrogens is 277 g/mol. The Morgan fingerprint density at radius 1 is 1.26 bits per heavy atom. The molecule has 0 saturated carbocycles. The summed E-state index contributed by atoms with van der Waals surface area (Å²) in [5.41, 5.74) is -0.844. The predicted molar refractivity (Wildman–Crippen MR) is 67.0 cm³/mol. The van der Waals surface area contributed by atoms with Crippen LogP contribution in [0.25, 0.3) is 10.3 Å². The Labute approximate surface area is 112 Å². The van der Waals surface area contributed by atoms with Crippen molar-refractivity contribution in [2.24, 2.45) is 0 Å². The van der Waals surface area contributed by atoms with Gasteiger partial charge in [0.2, 0.25) is 0 Å². The third-order valence-corrected chi connectivity index (χ3v) is 3.20. The lowest BCUT2D eigenvalue weighted by Gasteiger charge is -2.18. The van der Waals surface area contributed by atoms with Crippen molar-refractivity contribution >= 4 is 21.7 Å². The number of aromatic nitrogens is 2. The molecule has 0 N–H and O–H groups in total. The molecule has 0 atom stereocenters. The lowest BCUT2D eigenvalue weighted by atomic mass is 10.2. The molecule has 0 bridgehead atoms. The van der Waals surface area contributed by atoms with Crippen LogP contribution in [0.3, 0.4) is 0 Å². The Kier molecular flexibility index (Phi) is 3.53. The van der Waals surface area contributed by atoms with Gasteiger partial charge in [0, 0.05) is 6.20 Å². The van der Waals surface area contributed by atoms with Gasteiger partial charge in [0.05, 0.1) is 17.8 Å². The molecule has 2 aromatic heterocycles. The normalized spacial score (nSPS) is 13.2. The highest BCUT2D eigenvalue weighted by atomic mass is 32.1. The molecule has 0 fully saturated rings. The van der Waals surface area contributed by atoms with E-state index >= 15 is 0 Å². The van der Waals surface area contributed by atoms with E-state index in [0.717, 1.165) is 12.3 Å². The monoisotopic (exact) mass is 290 g/mol. The highest BCUT2D eigenvalue weighted by Crippen LogP contribution is 2.31. The van der Waals surface area contributed by atoms with Crippen molar-refractivity contribution in [3.63, 3.8) is 0 Å². The van der Waals surface area contributed by atoms with Gasteiger partial charge in [-0.15, -0.1) is 0 Å². The van der Waals surface area contributed by atoms with Crippen molar-refractivity contribution < 1.29 is 17.9 Å². The summed E-state index contributed by atoms with van der Waals surface area (Å²) in [7, 11) is 0. The Morgan fingerprint density at radius 2 is 1.95 bits per heavy atom. The molecule has 3 nitrogen and oxygen atoms in total. The van der Waals surface area contributed by atoms with E-state index in [-0.39, 0.29) is 17.7 Å². The highest BCUT2D eigenvalue weighted by Gasteiger charge is 2.31. The number of halogens is 3.